The van der Waals surface area contributed by atoms with Crippen molar-refractivity contribution in [2.75, 3.05) is 5.73 Å². The number of anilines is 1. The molecule has 0 fully saturated rings. The van der Waals surface area contributed by atoms with E-state index in [1.165, 1.54) is 12.1 Å². The van der Waals surface area contributed by atoms with Crippen LogP contribution in [-0.2, 0) is 11.4 Å². The molecule has 0 bridgehead atoms. The summed E-state index contributed by atoms with van der Waals surface area (Å²) in [6.45, 7) is 1.72. The van der Waals surface area contributed by atoms with Crippen molar-refractivity contribution in [3.63, 3.8) is 0 Å². The molecule has 1 atom stereocenters. The molecule has 2 N–H and O–H groups in total. The van der Waals surface area contributed by atoms with Gasteiger partial charge in [-0.2, -0.15) is 0 Å². The van der Waals surface area contributed by atoms with Gasteiger partial charge in [-0.3, -0.25) is 0 Å². The summed E-state index contributed by atoms with van der Waals surface area (Å²) in [6, 6.07) is 2.91. The lowest BCUT2D eigenvalue weighted by Crippen LogP contribution is -2.01. The Morgan fingerprint density at radius 1 is 1.62 bits per heavy atom. The Bertz CT molecular complexity index is 356. The summed E-state index contributed by atoms with van der Waals surface area (Å²) < 4.78 is 24.8. The summed E-state index contributed by atoms with van der Waals surface area (Å²) >= 11 is 3.12. The molecule has 0 spiro atoms. The number of nitrogen functional groups attached to an aromatic ring is 1. The van der Waals surface area contributed by atoms with Crippen LogP contribution >= 0.6 is 11.6 Å². The molecule has 4 nitrogen and oxygen atoms in total. The van der Waals surface area contributed by atoms with Crippen LogP contribution in [0.15, 0.2) is 12.1 Å². The first kappa shape index (κ1) is 10.3. The molecule has 0 aliphatic carbocycles. The van der Waals surface area contributed by atoms with Crippen molar-refractivity contribution in [2.24, 2.45) is 0 Å². The smallest absolute Gasteiger partial charge is 0.162 e. The van der Waals surface area contributed by atoms with Gasteiger partial charge in [-0.15, -0.1) is 0 Å². The van der Waals surface area contributed by atoms with Gasteiger partial charge < -0.3 is 14.5 Å². The number of rotatable bonds is 2. The van der Waals surface area contributed by atoms with Crippen molar-refractivity contribution in [1.82, 2.24) is 0 Å². The van der Waals surface area contributed by atoms with Gasteiger partial charge in [0.15, 0.2) is 5.75 Å². The van der Waals surface area contributed by atoms with Crippen LogP contribution in [0.1, 0.15) is 5.56 Å². The van der Waals surface area contributed by atoms with Gasteiger partial charge in [-0.05, 0) is 24.6 Å². The zero-order valence-corrected chi connectivity index (χ0v) is 8.32. The van der Waals surface area contributed by atoms with Gasteiger partial charge in [0.2, 0.25) is 0 Å². The molecule has 1 aromatic carbocycles. The predicted molar refractivity (Wildman–Crippen MR) is 50.1 cm³/mol. The zero-order valence-electron chi connectivity index (χ0n) is 6.74. The van der Waals surface area contributed by atoms with Crippen molar-refractivity contribution in [1.29, 1.82) is 0 Å². The van der Waals surface area contributed by atoms with E-state index in [4.69, 9.17) is 17.3 Å². The standard InChI is InChI=1S/C7H8ClNO3S/c1-4-2-7(12-13(10)11)6(9)3-5(4)8/h2-3H,9H2,1H3,(H,10,11)/p-1. The van der Waals surface area contributed by atoms with E-state index in [-0.39, 0.29) is 11.4 Å². The number of aryl methyl sites for hydroxylation is 1. The first-order valence-corrected chi connectivity index (χ1v) is 4.71. The van der Waals surface area contributed by atoms with Gasteiger partial charge in [0.25, 0.3) is 0 Å². The van der Waals surface area contributed by atoms with Crippen LogP contribution in [0.5, 0.6) is 5.75 Å². The molecular formula is C7H7ClNO3S-. The molecule has 0 amide bonds. The quantitative estimate of drug-likeness (QED) is 0.604. The van der Waals surface area contributed by atoms with Crippen molar-refractivity contribution >= 4 is 28.6 Å². The maximum atomic E-state index is 10.2. The highest BCUT2D eigenvalue weighted by Gasteiger charge is 2.04. The van der Waals surface area contributed by atoms with Crippen LogP contribution in [-0.4, -0.2) is 8.76 Å². The fourth-order valence-corrected chi connectivity index (χ4v) is 1.28. The Morgan fingerprint density at radius 3 is 2.77 bits per heavy atom. The Kier molecular flexibility index (Phi) is 3.13. The number of benzene rings is 1. The van der Waals surface area contributed by atoms with Gasteiger partial charge in [0.1, 0.15) is 11.4 Å². The highest BCUT2D eigenvalue weighted by Crippen LogP contribution is 2.28. The minimum atomic E-state index is -2.61. The van der Waals surface area contributed by atoms with Crippen LogP contribution in [0.3, 0.4) is 0 Å². The van der Waals surface area contributed by atoms with E-state index in [0.717, 1.165) is 0 Å². The first-order valence-electron chi connectivity index (χ1n) is 3.34. The lowest BCUT2D eigenvalue weighted by atomic mass is 10.2. The van der Waals surface area contributed by atoms with Gasteiger partial charge in [-0.1, -0.05) is 11.6 Å². The van der Waals surface area contributed by atoms with Gasteiger partial charge in [0, 0.05) is 5.02 Å². The molecule has 0 aliphatic heterocycles. The third-order valence-electron chi connectivity index (χ3n) is 1.45. The summed E-state index contributed by atoms with van der Waals surface area (Å²) in [5.41, 5.74) is 6.35. The second-order valence-corrected chi connectivity index (χ2v) is 3.41. The average Bonchev–Trinajstić information content (AvgIpc) is 1.99. The molecule has 0 radical (unpaired) electrons. The van der Waals surface area contributed by atoms with Gasteiger partial charge in [0.05, 0.1) is 5.69 Å². The summed E-state index contributed by atoms with van der Waals surface area (Å²) in [7, 11) is 0. The molecule has 1 unspecified atom stereocenters. The topological polar surface area (TPSA) is 75.4 Å². The Hall–Kier alpha value is -0.780. The second kappa shape index (κ2) is 3.95. The summed E-state index contributed by atoms with van der Waals surface area (Å²) in [6.07, 6.45) is 0. The number of nitrogens with two attached hydrogens (primary N) is 1. The fraction of sp³-hybridized carbons (Fsp3) is 0.143. The molecule has 1 rings (SSSR count). The van der Waals surface area contributed by atoms with Gasteiger partial charge >= 0.3 is 0 Å². The third-order valence-corrected chi connectivity index (χ3v) is 2.17. The lowest BCUT2D eigenvalue weighted by Gasteiger charge is -2.10. The highest BCUT2D eigenvalue weighted by molar-refractivity contribution is 7.74. The summed E-state index contributed by atoms with van der Waals surface area (Å²) in [5, 5.41) is 0.474. The normalized spacial score (nSPS) is 12.5. The summed E-state index contributed by atoms with van der Waals surface area (Å²) in [5.74, 6) is 0.0928. The highest BCUT2D eigenvalue weighted by atomic mass is 35.5. The largest absolute Gasteiger partial charge is 0.740 e. The molecule has 72 valence electrons. The van der Waals surface area contributed by atoms with Crippen LogP contribution in [0.2, 0.25) is 5.02 Å². The molecule has 6 heteroatoms. The van der Waals surface area contributed by atoms with E-state index in [1.54, 1.807) is 6.92 Å². The number of hydrogen-bond donors (Lipinski definition) is 1. The van der Waals surface area contributed by atoms with E-state index in [2.05, 4.69) is 4.18 Å². The molecule has 1 aromatic rings. The molecule has 0 saturated heterocycles. The summed E-state index contributed by atoms with van der Waals surface area (Å²) in [4.78, 5) is 0. The average molecular weight is 221 g/mol. The minimum Gasteiger partial charge on any atom is -0.740 e. The molecule has 0 aliphatic rings. The van der Waals surface area contributed by atoms with E-state index in [9.17, 15) is 8.76 Å². The van der Waals surface area contributed by atoms with Crippen molar-refractivity contribution in [3.8, 4) is 5.75 Å². The Morgan fingerprint density at radius 2 is 2.23 bits per heavy atom. The van der Waals surface area contributed by atoms with E-state index in [1.807, 2.05) is 0 Å². The fourth-order valence-electron chi connectivity index (χ4n) is 0.816. The van der Waals surface area contributed by atoms with Gasteiger partial charge in [-0.25, -0.2) is 4.21 Å². The van der Waals surface area contributed by atoms with Crippen molar-refractivity contribution in [2.45, 2.75) is 6.92 Å². The van der Waals surface area contributed by atoms with Crippen LogP contribution in [0, 0.1) is 6.92 Å². The van der Waals surface area contributed by atoms with Crippen molar-refractivity contribution < 1.29 is 12.9 Å². The molecular weight excluding hydrogens is 214 g/mol. The molecule has 0 aromatic heterocycles. The zero-order chi connectivity index (χ0) is 10.0. The number of hydrogen-bond acceptors (Lipinski definition) is 4. The lowest BCUT2D eigenvalue weighted by molar-refractivity contribution is 0.441. The molecule has 0 heterocycles. The first-order chi connectivity index (χ1) is 6.00. The van der Waals surface area contributed by atoms with Crippen LogP contribution in [0.25, 0.3) is 0 Å². The maximum absolute atomic E-state index is 10.2. The Labute approximate surface area is 83.1 Å². The maximum Gasteiger partial charge on any atom is 0.162 e. The third kappa shape index (κ3) is 2.58. The second-order valence-electron chi connectivity index (χ2n) is 2.43. The Balaban J connectivity index is 3.08. The van der Waals surface area contributed by atoms with E-state index >= 15 is 0 Å². The van der Waals surface area contributed by atoms with E-state index in [0.29, 0.717) is 10.6 Å². The van der Waals surface area contributed by atoms with Crippen LogP contribution in [0.4, 0.5) is 5.69 Å². The van der Waals surface area contributed by atoms with Crippen LogP contribution < -0.4 is 9.92 Å². The monoisotopic (exact) mass is 220 g/mol. The predicted octanol–water partition coefficient (Wildman–Crippen LogP) is 1.40. The molecule has 13 heavy (non-hydrogen) atoms. The SMILES string of the molecule is Cc1cc(OS(=O)[O-])c(N)cc1Cl. The van der Waals surface area contributed by atoms with E-state index < -0.39 is 11.4 Å². The molecule has 0 saturated carbocycles. The van der Waals surface area contributed by atoms with Crippen molar-refractivity contribution in [3.05, 3.63) is 22.7 Å². The minimum absolute atomic E-state index is 0.0928. The number of halogens is 1.